The van der Waals surface area contributed by atoms with Crippen molar-refractivity contribution in [3.05, 3.63) is 48.3 Å². The van der Waals surface area contributed by atoms with Crippen molar-refractivity contribution in [1.82, 2.24) is 19.8 Å². The standard InChI is InChI=1S/C24H31N5O3/c1-28(2)24(18-7-5-4-6-8-18)11-9-23(10-12-24)13-22(31)29(17-23)16-20(30)27-19-14-26-21(32-3)15-25-19/h4-8,14-15H,9-13,16-17H2,1-3H3,(H,25,27,30)/t23-,24-. The van der Waals surface area contributed by atoms with Gasteiger partial charge in [-0.15, -0.1) is 0 Å². The van der Waals surface area contributed by atoms with E-state index in [0.29, 0.717) is 24.7 Å². The second-order valence-corrected chi connectivity index (χ2v) is 9.21. The largest absolute Gasteiger partial charge is 0.480 e. The van der Waals surface area contributed by atoms with Gasteiger partial charge in [0.15, 0.2) is 5.82 Å². The van der Waals surface area contributed by atoms with E-state index in [-0.39, 0.29) is 29.3 Å². The van der Waals surface area contributed by atoms with Gasteiger partial charge in [-0.25, -0.2) is 9.97 Å². The molecule has 0 unspecified atom stereocenters. The fourth-order valence-electron chi connectivity index (χ4n) is 5.24. The summed E-state index contributed by atoms with van der Waals surface area (Å²) in [5, 5.41) is 2.71. The van der Waals surface area contributed by atoms with Gasteiger partial charge in [0.25, 0.3) is 0 Å². The van der Waals surface area contributed by atoms with Gasteiger partial charge in [0.2, 0.25) is 17.7 Å². The second kappa shape index (κ2) is 8.86. The van der Waals surface area contributed by atoms with Crippen LogP contribution in [0.1, 0.15) is 37.7 Å². The summed E-state index contributed by atoms with van der Waals surface area (Å²) in [6, 6.07) is 10.6. The minimum Gasteiger partial charge on any atom is -0.480 e. The minimum absolute atomic E-state index is 0.00656. The molecule has 1 spiro atoms. The number of nitrogens with one attached hydrogen (secondary N) is 1. The Hall–Kier alpha value is -3.00. The maximum absolute atomic E-state index is 12.8. The fourth-order valence-corrected chi connectivity index (χ4v) is 5.24. The number of rotatable bonds is 6. The van der Waals surface area contributed by atoms with Crippen molar-refractivity contribution in [2.24, 2.45) is 5.41 Å². The van der Waals surface area contributed by atoms with Gasteiger partial charge in [-0.2, -0.15) is 0 Å². The zero-order chi connectivity index (χ0) is 22.8. The first-order valence-corrected chi connectivity index (χ1v) is 11.0. The van der Waals surface area contributed by atoms with Crippen LogP contribution in [0.5, 0.6) is 5.88 Å². The van der Waals surface area contributed by atoms with E-state index in [1.54, 1.807) is 4.90 Å². The van der Waals surface area contributed by atoms with Crippen molar-refractivity contribution in [3.8, 4) is 5.88 Å². The summed E-state index contributed by atoms with van der Waals surface area (Å²) < 4.78 is 4.97. The molecule has 1 aromatic carbocycles. The van der Waals surface area contributed by atoms with Gasteiger partial charge in [-0.1, -0.05) is 30.3 Å². The smallest absolute Gasteiger partial charge is 0.245 e. The molecule has 1 aliphatic heterocycles. The average Bonchev–Trinajstić information content (AvgIpc) is 3.09. The summed E-state index contributed by atoms with van der Waals surface area (Å²) in [5.41, 5.74) is 1.28. The molecular weight excluding hydrogens is 406 g/mol. The SMILES string of the molecule is COc1cnc(NC(=O)CN2C[C@]3(CC[C@](c4ccccc4)(N(C)C)CC3)CC2=O)cn1. The number of hydrogen-bond donors (Lipinski definition) is 1. The van der Waals surface area contributed by atoms with Crippen LogP contribution in [0.4, 0.5) is 5.82 Å². The minimum atomic E-state index is -0.266. The van der Waals surface area contributed by atoms with Crippen LogP contribution in [0, 0.1) is 5.41 Å². The molecule has 0 atom stereocenters. The number of nitrogens with zero attached hydrogens (tertiary/aromatic N) is 4. The highest BCUT2D eigenvalue weighted by molar-refractivity contribution is 5.94. The molecule has 32 heavy (non-hydrogen) atoms. The van der Waals surface area contributed by atoms with Crippen molar-refractivity contribution in [1.29, 1.82) is 0 Å². The molecule has 2 heterocycles. The molecule has 1 aromatic heterocycles. The molecule has 8 heteroatoms. The molecule has 8 nitrogen and oxygen atoms in total. The molecule has 1 N–H and O–H groups in total. The first-order valence-electron chi connectivity index (χ1n) is 11.0. The quantitative estimate of drug-likeness (QED) is 0.748. The molecule has 1 saturated carbocycles. The van der Waals surface area contributed by atoms with Crippen molar-refractivity contribution < 1.29 is 14.3 Å². The van der Waals surface area contributed by atoms with Crippen LogP contribution in [-0.4, -0.2) is 65.9 Å². The van der Waals surface area contributed by atoms with E-state index in [4.69, 9.17) is 4.74 Å². The predicted molar refractivity (Wildman–Crippen MR) is 121 cm³/mol. The Balaban J connectivity index is 1.38. The number of aromatic nitrogens is 2. The lowest BCUT2D eigenvalue weighted by Gasteiger charge is -2.48. The van der Waals surface area contributed by atoms with Crippen LogP contribution in [0.3, 0.4) is 0 Å². The topological polar surface area (TPSA) is 87.7 Å². The number of ether oxygens (including phenoxy) is 1. The first kappa shape index (κ1) is 22.2. The Morgan fingerprint density at radius 3 is 2.44 bits per heavy atom. The molecule has 2 aliphatic rings. The van der Waals surface area contributed by atoms with Crippen LogP contribution in [0.15, 0.2) is 42.7 Å². The third-order valence-corrected chi connectivity index (χ3v) is 7.15. The number of hydrogen-bond acceptors (Lipinski definition) is 6. The van der Waals surface area contributed by atoms with Crippen LogP contribution in [0.2, 0.25) is 0 Å². The van der Waals surface area contributed by atoms with Crippen LogP contribution >= 0.6 is 0 Å². The number of carbonyl (C=O) groups excluding carboxylic acids is 2. The molecule has 2 aromatic rings. The Morgan fingerprint density at radius 1 is 1.12 bits per heavy atom. The third kappa shape index (κ3) is 4.32. The van der Waals surface area contributed by atoms with E-state index in [2.05, 4.69) is 58.5 Å². The van der Waals surface area contributed by atoms with E-state index < -0.39 is 0 Å². The van der Waals surface area contributed by atoms with E-state index in [9.17, 15) is 9.59 Å². The highest BCUT2D eigenvalue weighted by Gasteiger charge is 2.50. The molecule has 2 amide bonds. The van der Waals surface area contributed by atoms with Gasteiger partial charge in [-0.3, -0.25) is 14.5 Å². The van der Waals surface area contributed by atoms with Gasteiger partial charge in [-0.05, 0) is 50.8 Å². The second-order valence-electron chi connectivity index (χ2n) is 9.21. The summed E-state index contributed by atoms with van der Waals surface area (Å²) in [4.78, 5) is 37.4. The fraction of sp³-hybridized carbons (Fsp3) is 0.500. The number of likely N-dealkylation sites (tertiary alicyclic amines) is 1. The zero-order valence-corrected chi connectivity index (χ0v) is 19.0. The van der Waals surface area contributed by atoms with E-state index in [0.717, 1.165) is 25.7 Å². The number of methoxy groups -OCH3 is 1. The number of anilines is 1. The van der Waals surface area contributed by atoms with Crippen molar-refractivity contribution in [3.63, 3.8) is 0 Å². The van der Waals surface area contributed by atoms with Crippen LogP contribution in [-0.2, 0) is 15.1 Å². The molecule has 170 valence electrons. The molecule has 1 aliphatic carbocycles. The molecule has 4 rings (SSSR count). The van der Waals surface area contributed by atoms with Crippen molar-refractivity contribution >= 4 is 17.6 Å². The number of amides is 2. The molecule has 1 saturated heterocycles. The maximum Gasteiger partial charge on any atom is 0.245 e. The maximum atomic E-state index is 12.8. The summed E-state index contributed by atoms with van der Waals surface area (Å²) in [6.07, 6.45) is 7.33. The Bertz CT molecular complexity index is 953. The van der Waals surface area contributed by atoms with Crippen molar-refractivity contribution in [2.45, 2.75) is 37.6 Å². The van der Waals surface area contributed by atoms with Gasteiger partial charge >= 0.3 is 0 Å². The highest BCUT2D eigenvalue weighted by Crippen LogP contribution is 2.52. The molecular formula is C24H31N5O3. The highest BCUT2D eigenvalue weighted by atomic mass is 16.5. The lowest BCUT2D eigenvalue weighted by atomic mass is 9.64. The number of carbonyl (C=O) groups is 2. The van der Waals surface area contributed by atoms with E-state index >= 15 is 0 Å². The van der Waals surface area contributed by atoms with Crippen molar-refractivity contribution in [2.75, 3.05) is 39.6 Å². The van der Waals surface area contributed by atoms with Crippen LogP contribution in [0.25, 0.3) is 0 Å². The summed E-state index contributed by atoms with van der Waals surface area (Å²) in [7, 11) is 5.79. The zero-order valence-electron chi connectivity index (χ0n) is 19.0. The van der Waals surface area contributed by atoms with Gasteiger partial charge in [0, 0.05) is 18.5 Å². The summed E-state index contributed by atoms with van der Waals surface area (Å²) in [6.45, 7) is 0.664. The van der Waals surface area contributed by atoms with Gasteiger partial charge < -0.3 is 15.0 Å². The Morgan fingerprint density at radius 2 is 1.84 bits per heavy atom. The Labute approximate surface area is 189 Å². The number of benzene rings is 1. The summed E-state index contributed by atoms with van der Waals surface area (Å²) >= 11 is 0. The average molecular weight is 438 g/mol. The van der Waals surface area contributed by atoms with E-state index in [1.807, 2.05) is 6.07 Å². The van der Waals surface area contributed by atoms with Gasteiger partial charge in [0.1, 0.15) is 0 Å². The monoisotopic (exact) mass is 437 g/mol. The molecule has 0 radical (unpaired) electrons. The lowest BCUT2D eigenvalue weighted by Crippen LogP contribution is -2.47. The molecule has 2 fully saturated rings. The predicted octanol–water partition coefficient (Wildman–Crippen LogP) is 2.67. The van der Waals surface area contributed by atoms with E-state index in [1.165, 1.54) is 25.1 Å². The molecule has 0 bridgehead atoms. The first-order chi connectivity index (χ1) is 15.4. The summed E-state index contributed by atoms with van der Waals surface area (Å²) in [5.74, 6) is 0.505. The lowest BCUT2D eigenvalue weighted by molar-refractivity contribution is -0.131. The normalized spacial score (nSPS) is 25.4. The van der Waals surface area contributed by atoms with Crippen LogP contribution < -0.4 is 10.1 Å². The third-order valence-electron chi connectivity index (χ3n) is 7.15. The van der Waals surface area contributed by atoms with Gasteiger partial charge in [0.05, 0.1) is 26.0 Å². The Kier molecular flexibility index (Phi) is 6.15.